The van der Waals surface area contributed by atoms with Gasteiger partial charge in [0.05, 0.1) is 10.6 Å². The van der Waals surface area contributed by atoms with Crippen LogP contribution in [0.15, 0.2) is 41.8 Å². The molecule has 0 fully saturated rings. The lowest BCUT2D eigenvalue weighted by Gasteiger charge is -2.04. The number of amides is 1. The van der Waals surface area contributed by atoms with E-state index in [0.717, 1.165) is 16.4 Å². The highest BCUT2D eigenvalue weighted by Crippen LogP contribution is 2.28. The van der Waals surface area contributed by atoms with Crippen LogP contribution in [0.5, 0.6) is 0 Å². The summed E-state index contributed by atoms with van der Waals surface area (Å²) in [5.41, 5.74) is 0.668. The average molecular weight is 305 g/mol. The van der Waals surface area contributed by atoms with Gasteiger partial charge in [-0.05, 0) is 35.1 Å². The minimum Gasteiger partial charge on any atom is -0.319 e. The van der Waals surface area contributed by atoms with Gasteiger partial charge in [0, 0.05) is 0 Å². The molecule has 0 spiro atoms. The molecule has 3 rings (SSSR count). The molecule has 1 aromatic carbocycles. The number of hydrogen-bond acceptors (Lipinski definition) is 5. The molecule has 7 heteroatoms. The largest absolute Gasteiger partial charge is 0.319 e. The maximum atomic E-state index is 13.5. The zero-order chi connectivity index (χ0) is 13.9. The molecule has 0 aliphatic rings. The van der Waals surface area contributed by atoms with Gasteiger partial charge in [-0.1, -0.05) is 22.7 Å². The maximum absolute atomic E-state index is 13.5. The van der Waals surface area contributed by atoms with Crippen LogP contribution in [0.3, 0.4) is 0 Å². The van der Waals surface area contributed by atoms with Crippen molar-refractivity contribution in [2.75, 3.05) is 5.32 Å². The predicted molar refractivity (Wildman–Crippen MR) is 77.6 cm³/mol. The molecular formula is C13H8FN3OS2. The van der Waals surface area contributed by atoms with Gasteiger partial charge in [-0.25, -0.2) is 4.39 Å². The van der Waals surface area contributed by atoms with E-state index in [1.54, 1.807) is 12.1 Å². The lowest BCUT2D eigenvalue weighted by Crippen LogP contribution is -2.12. The molecule has 0 aliphatic heterocycles. The van der Waals surface area contributed by atoms with E-state index < -0.39 is 11.7 Å². The van der Waals surface area contributed by atoms with Gasteiger partial charge in [0.15, 0.2) is 0 Å². The normalized spacial score (nSPS) is 10.4. The van der Waals surface area contributed by atoms with Gasteiger partial charge in [0.2, 0.25) is 0 Å². The Kier molecular flexibility index (Phi) is 3.53. The second kappa shape index (κ2) is 5.48. The van der Waals surface area contributed by atoms with E-state index in [4.69, 9.17) is 0 Å². The van der Waals surface area contributed by atoms with Crippen LogP contribution in [0, 0.1) is 5.82 Å². The number of rotatable bonds is 3. The number of para-hydroxylation sites is 1. The lowest BCUT2D eigenvalue weighted by atomic mass is 10.2. The number of carbonyl (C=O) groups excluding carboxylic acids is 1. The second-order valence-corrected chi connectivity index (χ2v) is 5.56. The number of hydrogen-bond donors (Lipinski definition) is 1. The third-order valence-electron chi connectivity index (χ3n) is 2.57. The van der Waals surface area contributed by atoms with Crippen molar-refractivity contribution < 1.29 is 9.18 Å². The van der Waals surface area contributed by atoms with E-state index in [9.17, 15) is 9.18 Å². The third-order valence-corrected chi connectivity index (χ3v) is 4.17. The average Bonchev–Trinajstić information content (AvgIpc) is 3.11. The van der Waals surface area contributed by atoms with E-state index in [-0.39, 0.29) is 5.69 Å². The molecule has 0 atom stereocenters. The van der Waals surface area contributed by atoms with Crippen molar-refractivity contribution in [1.82, 2.24) is 9.59 Å². The minimum atomic E-state index is -0.476. The van der Waals surface area contributed by atoms with Crippen LogP contribution in [0.2, 0.25) is 0 Å². The van der Waals surface area contributed by atoms with Crippen LogP contribution in [0.1, 0.15) is 9.67 Å². The Bertz CT molecular complexity index is 740. The summed E-state index contributed by atoms with van der Waals surface area (Å²) >= 11 is 2.46. The number of benzene rings is 1. The molecule has 0 saturated heterocycles. The van der Waals surface area contributed by atoms with Gasteiger partial charge in [0.1, 0.15) is 16.4 Å². The zero-order valence-corrected chi connectivity index (χ0v) is 11.7. The standard InChI is InChI=1S/C13H8FN3OS2/c14-8-4-1-2-5-9(8)15-13(18)12-11(16-17-20-12)10-6-3-7-19-10/h1-7H,(H,15,18). The van der Waals surface area contributed by atoms with E-state index in [1.165, 1.54) is 23.5 Å². The summed E-state index contributed by atoms with van der Waals surface area (Å²) in [6.45, 7) is 0. The second-order valence-electron chi connectivity index (χ2n) is 3.86. The van der Waals surface area contributed by atoms with Gasteiger partial charge in [-0.3, -0.25) is 4.79 Å². The van der Waals surface area contributed by atoms with Gasteiger partial charge < -0.3 is 5.32 Å². The Balaban J connectivity index is 1.89. The summed E-state index contributed by atoms with van der Waals surface area (Å²) in [5.74, 6) is -0.885. The van der Waals surface area contributed by atoms with Gasteiger partial charge in [-0.2, -0.15) is 0 Å². The number of anilines is 1. The smallest absolute Gasteiger partial charge is 0.269 e. The monoisotopic (exact) mass is 305 g/mol. The van der Waals surface area contributed by atoms with Crippen LogP contribution >= 0.6 is 22.9 Å². The molecule has 3 aromatic rings. The van der Waals surface area contributed by atoms with Crippen molar-refractivity contribution in [3.05, 3.63) is 52.5 Å². The predicted octanol–water partition coefficient (Wildman–Crippen LogP) is 3.66. The molecule has 0 saturated carbocycles. The molecule has 2 aromatic heterocycles. The Morgan fingerprint density at radius 2 is 2.05 bits per heavy atom. The van der Waals surface area contributed by atoms with E-state index in [2.05, 4.69) is 14.9 Å². The topological polar surface area (TPSA) is 54.9 Å². The van der Waals surface area contributed by atoms with E-state index in [1.807, 2.05) is 17.5 Å². The van der Waals surface area contributed by atoms with Crippen molar-refractivity contribution >= 4 is 34.5 Å². The molecule has 2 heterocycles. The van der Waals surface area contributed by atoms with Crippen LogP contribution in [0.4, 0.5) is 10.1 Å². The van der Waals surface area contributed by atoms with Gasteiger partial charge in [-0.15, -0.1) is 16.4 Å². The molecule has 0 radical (unpaired) electrons. The first-order valence-corrected chi connectivity index (χ1v) is 7.33. The number of nitrogens with zero attached hydrogens (tertiary/aromatic N) is 2. The Labute approximate surface area is 122 Å². The summed E-state index contributed by atoms with van der Waals surface area (Å²) in [6.07, 6.45) is 0. The van der Waals surface area contributed by atoms with Crippen LogP contribution < -0.4 is 5.32 Å². The van der Waals surface area contributed by atoms with E-state index in [0.29, 0.717) is 10.6 Å². The molecule has 1 amide bonds. The highest BCUT2D eigenvalue weighted by Gasteiger charge is 2.19. The number of aromatic nitrogens is 2. The highest BCUT2D eigenvalue weighted by molar-refractivity contribution is 7.14. The van der Waals surface area contributed by atoms with Crippen LogP contribution in [0.25, 0.3) is 10.6 Å². The lowest BCUT2D eigenvalue weighted by molar-refractivity contribution is 0.103. The molecule has 1 N–H and O–H groups in total. The van der Waals surface area contributed by atoms with Crippen molar-refractivity contribution in [2.24, 2.45) is 0 Å². The van der Waals surface area contributed by atoms with Crippen molar-refractivity contribution in [3.63, 3.8) is 0 Å². The quantitative estimate of drug-likeness (QED) is 0.803. The fourth-order valence-corrected chi connectivity index (χ4v) is 3.01. The number of carbonyl (C=O) groups is 1. The zero-order valence-electron chi connectivity index (χ0n) is 10.0. The SMILES string of the molecule is O=C(Nc1ccccc1F)c1snnc1-c1cccs1. The summed E-state index contributed by atoms with van der Waals surface area (Å²) in [6, 6.07) is 9.76. The van der Waals surface area contributed by atoms with Crippen molar-refractivity contribution in [2.45, 2.75) is 0 Å². The first-order chi connectivity index (χ1) is 9.75. The molecule has 0 aliphatic carbocycles. The first-order valence-electron chi connectivity index (χ1n) is 5.68. The maximum Gasteiger partial charge on any atom is 0.269 e. The van der Waals surface area contributed by atoms with Crippen molar-refractivity contribution in [3.8, 4) is 10.6 Å². The summed E-state index contributed by atoms with van der Waals surface area (Å²) < 4.78 is 17.3. The molecular weight excluding hydrogens is 297 g/mol. The third kappa shape index (κ3) is 2.45. The van der Waals surface area contributed by atoms with Crippen LogP contribution in [-0.4, -0.2) is 15.5 Å². The molecule has 0 unspecified atom stereocenters. The van der Waals surface area contributed by atoms with E-state index >= 15 is 0 Å². The Morgan fingerprint density at radius 1 is 1.20 bits per heavy atom. The Morgan fingerprint density at radius 3 is 2.80 bits per heavy atom. The fraction of sp³-hybridized carbons (Fsp3) is 0. The molecule has 0 bridgehead atoms. The van der Waals surface area contributed by atoms with Gasteiger partial charge >= 0.3 is 0 Å². The van der Waals surface area contributed by atoms with Gasteiger partial charge in [0.25, 0.3) is 5.91 Å². The number of thiophene rings is 1. The minimum absolute atomic E-state index is 0.142. The Hall–Kier alpha value is -2.12. The summed E-state index contributed by atoms with van der Waals surface area (Å²) in [7, 11) is 0. The summed E-state index contributed by atoms with van der Waals surface area (Å²) in [4.78, 5) is 13.4. The molecule has 4 nitrogen and oxygen atoms in total. The fourth-order valence-electron chi connectivity index (χ4n) is 1.66. The summed E-state index contributed by atoms with van der Waals surface area (Å²) in [5, 5.41) is 8.40. The first kappa shape index (κ1) is 12.9. The number of halogens is 1. The number of nitrogens with one attached hydrogen (secondary N) is 1. The molecule has 20 heavy (non-hydrogen) atoms. The van der Waals surface area contributed by atoms with Crippen molar-refractivity contribution in [1.29, 1.82) is 0 Å². The van der Waals surface area contributed by atoms with Crippen LogP contribution in [-0.2, 0) is 0 Å². The molecule has 100 valence electrons. The highest BCUT2D eigenvalue weighted by atomic mass is 32.1.